The zero-order valence-corrected chi connectivity index (χ0v) is 16.6. The quantitative estimate of drug-likeness (QED) is 0.714. The SMILES string of the molecule is CC12CC(=O)C3C(CCC(=O)[C@]3(C)CCC(=O)NCCC(=O)O)C1CCC2=O. The van der Waals surface area contributed by atoms with Crippen LogP contribution in [0.3, 0.4) is 0 Å². The number of hydrogen-bond acceptors (Lipinski definition) is 5. The Kier molecular flexibility index (Phi) is 5.47. The Morgan fingerprint density at radius 1 is 1.07 bits per heavy atom. The molecule has 5 atom stereocenters. The molecule has 0 aromatic carbocycles. The Bertz CT molecular complexity index is 730. The highest BCUT2D eigenvalue weighted by molar-refractivity contribution is 5.99. The summed E-state index contributed by atoms with van der Waals surface area (Å²) in [6.45, 7) is 3.76. The van der Waals surface area contributed by atoms with Gasteiger partial charge in [-0.3, -0.25) is 24.0 Å². The predicted molar refractivity (Wildman–Crippen MR) is 99.3 cm³/mol. The molecular weight excluding hydrogens is 362 g/mol. The van der Waals surface area contributed by atoms with Gasteiger partial charge in [-0.15, -0.1) is 0 Å². The zero-order valence-electron chi connectivity index (χ0n) is 16.6. The second-order valence-corrected chi connectivity index (χ2v) is 9.14. The average molecular weight is 391 g/mol. The van der Waals surface area contributed by atoms with Crippen LogP contribution in [0.25, 0.3) is 0 Å². The maximum absolute atomic E-state index is 13.1. The molecule has 0 aromatic heterocycles. The molecule has 0 saturated heterocycles. The van der Waals surface area contributed by atoms with Crippen molar-refractivity contribution in [3.63, 3.8) is 0 Å². The van der Waals surface area contributed by atoms with E-state index in [4.69, 9.17) is 5.11 Å². The summed E-state index contributed by atoms with van der Waals surface area (Å²) in [4.78, 5) is 61.0. The fourth-order valence-electron chi connectivity index (χ4n) is 5.97. The Morgan fingerprint density at radius 2 is 1.75 bits per heavy atom. The molecule has 2 N–H and O–H groups in total. The van der Waals surface area contributed by atoms with E-state index in [0.29, 0.717) is 19.3 Å². The molecule has 7 nitrogen and oxygen atoms in total. The second kappa shape index (κ2) is 7.41. The maximum atomic E-state index is 13.1. The molecule has 3 rings (SSSR count). The third-order valence-electron chi connectivity index (χ3n) is 7.53. The van der Waals surface area contributed by atoms with Crippen LogP contribution in [0, 0.1) is 28.6 Å². The summed E-state index contributed by atoms with van der Waals surface area (Å²) >= 11 is 0. The van der Waals surface area contributed by atoms with Gasteiger partial charge in [0.05, 0.1) is 6.42 Å². The van der Waals surface area contributed by atoms with Gasteiger partial charge in [0.15, 0.2) is 0 Å². The molecule has 4 unspecified atom stereocenters. The van der Waals surface area contributed by atoms with Crippen LogP contribution in [0.4, 0.5) is 0 Å². The molecule has 3 aliphatic rings. The first-order valence-corrected chi connectivity index (χ1v) is 10.2. The van der Waals surface area contributed by atoms with Gasteiger partial charge in [0.25, 0.3) is 0 Å². The number of amides is 1. The van der Waals surface area contributed by atoms with Gasteiger partial charge in [-0.05, 0) is 31.1 Å². The Hall–Kier alpha value is -2.05. The Morgan fingerprint density at radius 3 is 2.43 bits per heavy atom. The largest absolute Gasteiger partial charge is 0.481 e. The number of carboxylic acid groups (broad SMARTS) is 1. The van der Waals surface area contributed by atoms with Crippen LogP contribution in [0.2, 0.25) is 0 Å². The van der Waals surface area contributed by atoms with Crippen molar-refractivity contribution in [3.05, 3.63) is 0 Å². The summed E-state index contributed by atoms with van der Waals surface area (Å²) < 4.78 is 0. The predicted octanol–water partition coefficient (Wildman–Crippen LogP) is 1.92. The van der Waals surface area contributed by atoms with Crippen molar-refractivity contribution in [3.8, 4) is 0 Å². The minimum atomic E-state index is -0.987. The molecule has 3 fully saturated rings. The summed E-state index contributed by atoms with van der Waals surface area (Å²) in [6, 6.07) is 0. The van der Waals surface area contributed by atoms with E-state index in [1.165, 1.54) is 0 Å². The van der Waals surface area contributed by atoms with Crippen LogP contribution in [0.5, 0.6) is 0 Å². The monoisotopic (exact) mass is 391 g/mol. The third-order valence-corrected chi connectivity index (χ3v) is 7.53. The molecule has 0 spiro atoms. The molecule has 28 heavy (non-hydrogen) atoms. The first kappa shape index (κ1) is 20.7. The summed E-state index contributed by atoms with van der Waals surface area (Å²) in [5, 5.41) is 11.2. The lowest BCUT2D eigenvalue weighted by molar-refractivity contribution is -0.160. The van der Waals surface area contributed by atoms with Crippen LogP contribution in [-0.2, 0) is 24.0 Å². The highest BCUT2D eigenvalue weighted by Gasteiger charge is 2.62. The van der Waals surface area contributed by atoms with Gasteiger partial charge in [-0.2, -0.15) is 0 Å². The average Bonchev–Trinajstić information content (AvgIpc) is 2.90. The van der Waals surface area contributed by atoms with Crippen molar-refractivity contribution in [1.82, 2.24) is 5.32 Å². The van der Waals surface area contributed by atoms with E-state index in [0.717, 1.165) is 6.42 Å². The van der Waals surface area contributed by atoms with Crippen molar-refractivity contribution in [2.75, 3.05) is 6.54 Å². The number of nitrogens with one attached hydrogen (secondary N) is 1. The number of hydrogen-bond donors (Lipinski definition) is 2. The van der Waals surface area contributed by atoms with Crippen molar-refractivity contribution in [2.24, 2.45) is 28.6 Å². The fraction of sp³-hybridized carbons (Fsp3) is 0.762. The van der Waals surface area contributed by atoms with Crippen molar-refractivity contribution in [2.45, 2.75) is 65.2 Å². The lowest BCUT2D eigenvalue weighted by Crippen LogP contribution is -2.56. The lowest BCUT2D eigenvalue weighted by Gasteiger charge is -2.52. The normalized spacial score (nSPS) is 37.4. The number of ketones is 3. The van der Waals surface area contributed by atoms with Crippen LogP contribution in [0.1, 0.15) is 65.2 Å². The van der Waals surface area contributed by atoms with Crippen LogP contribution in [-0.4, -0.2) is 40.9 Å². The van der Waals surface area contributed by atoms with E-state index in [-0.39, 0.29) is 67.3 Å². The van der Waals surface area contributed by atoms with Gasteiger partial charge in [-0.1, -0.05) is 13.8 Å². The van der Waals surface area contributed by atoms with Crippen molar-refractivity contribution >= 4 is 29.2 Å². The minimum Gasteiger partial charge on any atom is -0.481 e. The minimum absolute atomic E-state index is 0.0131. The van der Waals surface area contributed by atoms with E-state index in [1.807, 2.05) is 6.92 Å². The summed E-state index contributed by atoms with van der Waals surface area (Å²) in [6.07, 6.45) is 2.71. The number of carbonyl (C=O) groups excluding carboxylic acids is 4. The van der Waals surface area contributed by atoms with Gasteiger partial charge in [-0.25, -0.2) is 0 Å². The molecule has 0 aliphatic heterocycles. The lowest BCUT2D eigenvalue weighted by atomic mass is 9.48. The summed E-state index contributed by atoms with van der Waals surface area (Å²) in [5.74, 6) is -1.38. The number of Topliss-reactive ketones (excluding diaryl/α,β-unsaturated/α-hetero) is 3. The van der Waals surface area contributed by atoms with E-state index < -0.39 is 22.7 Å². The van der Waals surface area contributed by atoms with Crippen LogP contribution in [0.15, 0.2) is 0 Å². The Balaban J connectivity index is 1.74. The summed E-state index contributed by atoms with van der Waals surface area (Å²) in [7, 11) is 0. The highest BCUT2D eigenvalue weighted by atomic mass is 16.4. The van der Waals surface area contributed by atoms with Gasteiger partial charge in [0, 0.05) is 49.0 Å². The molecule has 1 amide bonds. The molecule has 0 bridgehead atoms. The number of aliphatic carboxylic acids is 1. The van der Waals surface area contributed by atoms with Crippen molar-refractivity contribution in [1.29, 1.82) is 0 Å². The van der Waals surface area contributed by atoms with Gasteiger partial charge < -0.3 is 10.4 Å². The highest BCUT2D eigenvalue weighted by Crippen LogP contribution is 2.60. The van der Waals surface area contributed by atoms with Crippen LogP contribution >= 0.6 is 0 Å². The smallest absolute Gasteiger partial charge is 0.305 e. The van der Waals surface area contributed by atoms with Crippen LogP contribution < -0.4 is 5.32 Å². The third kappa shape index (κ3) is 3.40. The van der Waals surface area contributed by atoms with E-state index in [1.54, 1.807) is 6.92 Å². The zero-order chi connectivity index (χ0) is 20.7. The molecule has 3 aliphatic carbocycles. The van der Waals surface area contributed by atoms with Gasteiger partial charge >= 0.3 is 5.97 Å². The van der Waals surface area contributed by atoms with E-state index in [2.05, 4.69) is 5.32 Å². The van der Waals surface area contributed by atoms with Crippen molar-refractivity contribution < 1.29 is 29.1 Å². The molecule has 0 heterocycles. The molecule has 7 heteroatoms. The molecule has 0 radical (unpaired) electrons. The number of fused-ring (bicyclic) bond motifs is 3. The topological polar surface area (TPSA) is 118 Å². The maximum Gasteiger partial charge on any atom is 0.305 e. The fourth-order valence-corrected chi connectivity index (χ4v) is 5.97. The standard InChI is InChI=1S/C21H29NO6/c1-20(9-7-17(26)22-10-8-18(27)28)15(24)5-3-12-13-4-6-16(25)21(13,2)11-14(23)19(12)20/h12-13,19H,3-11H2,1-2H3,(H,22,26)(H,27,28)/t12?,13?,19?,20-,21?/m0/s1. The Labute approximate surface area is 164 Å². The molecular formula is C21H29NO6. The van der Waals surface area contributed by atoms with E-state index >= 15 is 0 Å². The van der Waals surface area contributed by atoms with Gasteiger partial charge in [0.1, 0.15) is 17.3 Å². The van der Waals surface area contributed by atoms with E-state index in [9.17, 15) is 24.0 Å². The number of carbonyl (C=O) groups is 5. The first-order chi connectivity index (χ1) is 13.1. The summed E-state index contributed by atoms with van der Waals surface area (Å²) in [5.41, 5.74) is -1.48. The molecule has 3 saturated carbocycles. The number of carboxylic acids is 1. The first-order valence-electron chi connectivity index (χ1n) is 10.2. The second-order valence-electron chi connectivity index (χ2n) is 9.14. The number of rotatable bonds is 6. The van der Waals surface area contributed by atoms with Gasteiger partial charge in [0.2, 0.25) is 5.91 Å². The molecule has 0 aromatic rings. The molecule has 154 valence electrons.